The lowest BCUT2D eigenvalue weighted by Crippen LogP contribution is -2.11. The van der Waals surface area contributed by atoms with E-state index < -0.39 is 0 Å². The number of rotatable bonds is 2. The number of fused-ring (bicyclic) bond motifs is 1. The molecule has 0 atom stereocenters. The molecule has 18 heavy (non-hydrogen) atoms. The molecule has 4 nitrogen and oxygen atoms in total. The van der Waals surface area contributed by atoms with E-state index in [9.17, 15) is 4.79 Å². The van der Waals surface area contributed by atoms with Crippen LogP contribution in [0.25, 0.3) is 0 Å². The van der Waals surface area contributed by atoms with Crippen LogP contribution in [0, 0.1) is 0 Å². The van der Waals surface area contributed by atoms with Crippen LogP contribution in [0.2, 0.25) is 0 Å². The summed E-state index contributed by atoms with van der Waals surface area (Å²) in [5.41, 5.74) is 3.98. The molecule has 1 aliphatic rings. The van der Waals surface area contributed by atoms with Crippen LogP contribution >= 0.6 is 0 Å². The monoisotopic (exact) mass is 242 g/mol. The Bertz CT molecular complexity index is 575. The fraction of sp³-hybridized carbons (Fsp3) is 0.214. The zero-order valence-electron chi connectivity index (χ0n) is 10.1. The zero-order chi connectivity index (χ0) is 12.5. The van der Waals surface area contributed by atoms with E-state index in [-0.39, 0.29) is 5.91 Å². The number of nitrogens with zero attached hydrogens (tertiary/aromatic N) is 1. The Morgan fingerprint density at radius 3 is 2.89 bits per heavy atom. The maximum absolute atomic E-state index is 11.9. The first-order valence-electron chi connectivity index (χ1n) is 5.86. The molecule has 0 saturated carbocycles. The van der Waals surface area contributed by atoms with Crippen molar-refractivity contribution in [3.8, 4) is 0 Å². The summed E-state index contributed by atoms with van der Waals surface area (Å²) in [6.45, 7) is 1.91. The number of furan rings is 1. The van der Waals surface area contributed by atoms with E-state index in [1.165, 1.54) is 23.7 Å². The zero-order valence-corrected chi connectivity index (χ0v) is 10.1. The topological polar surface area (TPSA) is 45.5 Å². The fourth-order valence-electron chi connectivity index (χ4n) is 2.24. The van der Waals surface area contributed by atoms with Gasteiger partial charge in [0.25, 0.3) is 5.91 Å². The molecule has 2 aromatic rings. The molecule has 1 aromatic heterocycles. The maximum atomic E-state index is 11.9. The lowest BCUT2D eigenvalue weighted by molar-refractivity contribution is 0.102. The number of hydrogen-bond acceptors (Lipinski definition) is 3. The smallest absolute Gasteiger partial charge is 0.258 e. The van der Waals surface area contributed by atoms with Crippen molar-refractivity contribution in [1.82, 2.24) is 4.90 Å². The van der Waals surface area contributed by atoms with Crippen molar-refractivity contribution in [2.45, 2.75) is 13.1 Å². The van der Waals surface area contributed by atoms with Crippen molar-refractivity contribution in [2.24, 2.45) is 0 Å². The first-order chi connectivity index (χ1) is 8.72. The summed E-state index contributed by atoms with van der Waals surface area (Å²) < 4.78 is 4.89. The molecule has 1 aromatic carbocycles. The summed E-state index contributed by atoms with van der Waals surface area (Å²) in [6, 6.07) is 7.70. The van der Waals surface area contributed by atoms with Gasteiger partial charge in [-0.2, -0.15) is 0 Å². The van der Waals surface area contributed by atoms with E-state index in [0.29, 0.717) is 5.56 Å². The van der Waals surface area contributed by atoms with Crippen molar-refractivity contribution in [2.75, 3.05) is 12.4 Å². The molecule has 0 aliphatic carbocycles. The molecule has 92 valence electrons. The second-order valence-corrected chi connectivity index (χ2v) is 4.62. The third kappa shape index (κ3) is 2.02. The fourth-order valence-corrected chi connectivity index (χ4v) is 2.24. The van der Waals surface area contributed by atoms with Gasteiger partial charge >= 0.3 is 0 Å². The Balaban J connectivity index is 1.78. The molecule has 0 spiro atoms. The third-order valence-corrected chi connectivity index (χ3v) is 3.13. The highest BCUT2D eigenvalue weighted by Gasteiger charge is 2.16. The summed E-state index contributed by atoms with van der Waals surface area (Å²) in [4.78, 5) is 14.1. The normalized spacial score (nSPS) is 14.5. The summed E-state index contributed by atoms with van der Waals surface area (Å²) in [5, 5.41) is 2.87. The maximum Gasteiger partial charge on any atom is 0.258 e. The van der Waals surface area contributed by atoms with Gasteiger partial charge in [-0.1, -0.05) is 6.07 Å². The molecule has 0 saturated heterocycles. The second kappa shape index (κ2) is 4.31. The molecule has 3 rings (SSSR count). The van der Waals surface area contributed by atoms with E-state index in [1.54, 1.807) is 6.07 Å². The molecule has 0 fully saturated rings. The van der Waals surface area contributed by atoms with Crippen LogP contribution in [0.1, 0.15) is 21.5 Å². The molecule has 1 amide bonds. The highest BCUT2D eigenvalue weighted by atomic mass is 16.3. The summed E-state index contributed by atoms with van der Waals surface area (Å²) in [7, 11) is 2.09. The quantitative estimate of drug-likeness (QED) is 0.880. The Morgan fingerprint density at radius 1 is 1.28 bits per heavy atom. The number of amides is 1. The number of benzene rings is 1. The molecule has 0 unspecified atom stereocenters. The minimum Gasteiger partial charge on any atom is -0.472 e. The largest absolute Gasteiger partial charge is 0.472 e. The number of anilines is 1. The van der Waals surface area contributed by atoms with E-state index in [0.717, 1.165) is 18.8 Å². The molecule has 1 aliphatic heterocycles. The van der Waals surface area contributed by atoms with Gasteiger partial charge < -0.3 is 9.73 Å². The SMILES string of the molecule is CN1Cc2ccc(NC(=O)c3ccoc3)cc2C1. The van der Waals surface area contributed by atoms with Crippen LogP contribution in [0.5, 0.6) is 0 Å². The van der Waals surface area contributed by atoms with Crippen LogP contribution in [0.3, 0.4) is 0 Å². The average Bonchev–Trinajstić information content (AvgIpc) is 2.95. The lowest BCUT2D eigenvalue weighted by atomic mass is 10.1. The van der Waals surface area contributed by atoms with Crippen molar-refractivity contribution in [1.29, 1.82) is 0 Å². The van der Waals surface area contributed by atoms with Crippen molar-refractivity contribution >= 4 is 11.6 Å². The van der Waals surface area contributed by atoms with Gasteiger partial charge in [0.2, 0.25) is 0 Å². The Labute approximate surface area is 105 Å². The molecular weight excluding hydrogens is 228 g/mol. The van der Waals surface area contributed by atoms with Gasteiger partial charge in [-0.3, -0.25) is 9.69 Å². The van der Waals surface area contributed by atoms with Gasteiger partial charge in [0, 0.05) is 18.8 Å². The van der Waals surface area contributed by atoms with Gasteiger partial charge in [-0.25, -0.2) is 0 Å². The predicted octanol–water partition coefficient (Wildman–Crippen LogP) is 2.48. The number of carbonyl (C=O) groups is 1. The van der Waals surface area contributed by atoms with Crippen molar-refractivity contribution in [3.05, 3.63) is 53.5 Å². The number of carbonyl (C=O) groups excluding carboxylic acids is 1. The Kier molecular flexibility index (Phi) is 2.64. The summed E-state index contributed by atoms with van der Waals surface area (Å²) in [6.07, 6.45) is 2.93. The van der Waals surface area contributed by atoms with E-state index in [4.69, 9.17) is 4.42 Å². The van der Waals surface area contributed by atoms with Crippen LogP contribution in [-0.4, -0.2) is 17.9 Å². The Morgan fingerprint density at radius 2 is 2.11 bits per heavy atom. The minimum absolute atomic E-state index is 0.143. The van der Waals surface area contributed by atoms with Crippen molar-refractivity contribution < 1.29 is 9.21 Å². The first-order valence-corrected chi connectivity index (χ1v) is 5.86. The summed E-state index contributed by atoms with van der Waals surface area (Å²) >= 11 is 0. The van der Waals surface area contributed by atoms with Crippen LogP contribution < -0.4 is 5.32 Å². The first kappa shape index (κ1) is 11.0. The predicted molar refractivity (Wildman–Crippen MR) is 68.3 cm³/mol. The van der Waals surface area contributed by atoms with Gasteiger partial charge in [-0.05, 0) is 36.4 Å². The van der Waals surface area contributed by atoms with Crippen LogP contribution in [-0.2, 0) is 13.1 Å². The van der Waals surface area contributed by atoms with E-state index >= 15 is 0 Å². The second-order valence-electron chi connectivity index (χ2n) is 4.62. The Hall–Kier alpha value is -2.07. The van der Waals surface area contributed by atoms with E-state index in [2.05, 4.69) is 23.3 Å². The lowest BCUT2D eigenvalue weighted by Gasteiger charge is -2.05. The highest BCUT2D eigenvalue weighted by Crippen LogP contribution is 2.24. The number of nitrogens with one attached hydrogen (secondary N) is 1. The van der Waals surface area contributed by atoms with Gasteiger partial charge in [-0.15, -0.1) is 0 Å². The highest BCUT2D eigenvalue weighted by molar-refractivity contribution is 6.04. The van der Waals surface area contributed by atoms with E-state index in [1.807, 2.05) is 12.1 Å². The van der Waals surface area contributed by atoms with Crippen LogP contribution in [0.15, 0.2) is 41.2 Å². The molecule has 0 radical (unpaired) electrons. The van der Waals surface area contributed by atoms with Gasteiger partial charge in [0.05, 0.1) is 11.8 Å². The molecule has 2 heterocycles. The molecule has 0 bridgehead atoms. The van der Waals surface area contributed by atoms with Gasteiger partial charge in [0.1, 0.15) is 6.26 Å². The van der Waals surface area contributed by atoms with Gasteiger partial charge in [0.15, 0.2) is 0 Å². The summed E-state index contributed by atoms with van der Waals surface area (Å²) in [5.74, 6) is -0.143. The standard InChI is InChI=1S/C14H14N2O2/c1-16-7-10-2-3-13(6-12(10)8-16)15-14(17)11-4-5-18-9-11/h2-6,9H,7-8H2,1H3,(H,15,17). The number of hydrogen-bond donors (Lipinski definition) is 1. The third-order valence-electron chi connectivity index (χ3n) is 3.13. The molecule has 1 N–H and O–H groups in total. The van der Waals surface area contributed by atoms with Crippen molar-refractivity contribution in [3.63, 3.8) is 0 Å². The minimum atomic E-state index is -0.143. The molecular formula is C14H14N2O2. The van der Waals surface area contributed by atoms with Crippen LogP contribution in [0.4, 0.5) is 5.69 Å². The molecule has 4 heteroatoms. The average molecular weight is 242 g/mol.